The van der Waals surface area contributed by atoms with Gasteiger partial charge in [-0.2, -0.15) is 0 Å². The van der Waals surface area contributed by atoms with E-state index in [4.69, 9.17) is 13.1 Å². The smallest absolute Gasteiger partial charge is 0.270 e. The maximum Gasteiger partial charge on any atom is 0.270 e. The molecule has 0 saturated heterocycles. The van der Waals surface area contributed by atoms with Gasteiger partial charge in [-0.15, -0.1) is 68.0 Å². The van der Waals surface area contributed by atoms with Crippen molar-refractivity contribution in [1.82, 2.24) is 0 Å². The number of ketones is 2. The van der Waals surface area contributed by atoms with Crippen molar-refractivity contribution in [2.45, 2.75) is 232 Å². The van der Waals surface area contributed by atoms with Crippen LogP contribution in [0, 0.1) is 49.7 Å². The molecule has 0 aliphatic heterocycles. The van der Waals surface area contributed by atoms with Crippen LogP contribution in [0.5, 0.6) is 0 Å². The number of nitrogens with zero attached hydrogens (tertiary/aromatic N) is 4. The Labute approximate surface area is 547 Å². The van der Waals surface area contributed by atoms with Crippen LogP contribution >= 0.6 is 68.0 Å². The van der Waals surface area contributed by atoms with Crippen molar-refractivity contribution in [3.63, 3.8) is 0 Å². The average Bonchev–Trinajstić information content (AvgIpc) is 1.58. The van der Waals surface area contributed by atoms with E-state index in [-0.39, 0.29) is 33.8 Å². The van der Waals surface area contributed by atoms with E-state index in [1.54, 1.807) is 22.7 Å². The molecule has 6 nitrogen and oxygen atoms in total. The number of allylic oxidation sites excluding steroid dienone is 6. The van der Waals surface area contributed by atoms with Crippen LogP contribution in [-0.2, 0) is 10.8 Å². The van der Waals surface area contributed by atoms with E-state index in [1.807, 2.05) is 60.8 Å². The molecule has 0 fully saturated rings. The second kappa shape index (κ2) is 28.2. The Morgan fingerprint density at radius 1 is 0.443 bits per heavy atom. The van der Waals surface area contributed by atoms with Crippen molar-refractivity contribution in [3.8, 4) is 33.0 Å². The highest BCUT2D eigenvalue weighted by atomic mass is 32.1. The van der Waals surface area contributed by atoms with Crippen molar-refractivity contribution in [1.29, 1.82) is 10.5 Å². The van der Waals surface area contributed by atoms with Crippen molar-refractivity contribution < 1.29 is 9.59 Å². The molecular weight excluding hydrogens is 1190 g/mol. The highest BCUT2D eigenvalue weighted by Crippen LogP contribution is 2.67. The van der Waals surface area contributed by atoms with Crippen molar-refractivity contribution in [2.75, 3.05) is 0 Å². The third kappa shape index (κ3) is 11.8. The number of hydrogen-bond acceptors (Lipinski definition) is 10. The van der Waals surface area contributed by atoms with E-state index in [2.05, 4.69) is 73.8 Å². The highest BCUT2D eigenvalue weighted by Gasteiger charge is 2.51. The van der Waals surface area contributed by atoms with E-state index in [0.717, 1.165) is 70.9 Å². The maximum absolute atomic E-state index is 14.4. The number of thiophene rings is 6. The van der Waals surface area contributed by atoms with Crippen LogP contribution in [0.4, 0.5) is 0 Å². The van der Waals surface area contributed by atoms with Crippen molar-refractivity contribution in [3.05, 3.63) is 144 Å². The average molecular weight is 1280 g/mol. The summed E-state index contributed by atoms with van der Waals surface area (Å²) in [6, 6.07) is 18.3. The Balaban J connectivity index is 1.10. The van der Waals surface area contributed by atoms with E-state index in [1.165, 1.54) is 213 Å². The molecule has 0 bridgehead atoms. The molecule has 6 aromatic heterocycles. The van der Waals surface area contributed by atoms with E-state index >= 15 is 0 Å². The minimum absolute atomic E-state index is 0.0292. The zero-order valence-electron chi connectivity index (χ0n) is 52.5. The Morgan fingerprint density at radius 3 is 1.09 bits per heavy atom. The third-order valence-electron chi connectivity index (χ3n) is 19.4. The number of carbonyl (C=O) groups excluding carboxylic acids is 2. The van der Waals surface area contributed by atoms with Crippen LogP contribution in [0.2, 0.25) is 0 Å². The molecular formula is C76H82N4O2S6. The first-order valence-electron chi connectivity index (χ1n) is 33.1. The minimum Gasteiger partial charge on any atom is -0.288 e. The van der Waals surface area contributed by atoms with Gasteiger partial charge in [0.15, 0.2) is 0 Å². The summed E-state index contributed by atoms with van der Waals surface area (Å²) in [6.45, 7) is 29.2. The number of carbonyl (C=O) groups is 2. The molecule has 6 heterocycles. The number of fused-ring (bicyclic) bond motifs is 12. The van der Waals surface area contributed by atoms with Crippen LogP contribution in [0.15, 0.2) is 58.9 Å². The molecule has 0 radical (unpaired) electrons. The first kappa shape index (κ1) is 63.8. The van der Waals surface area contributed by atoms with Crippen LogP contribution in [-0.4, -0.2) is 11.6 Å². The molecule has 0 spiro atoms. The van der Waals surface area contributed by atoms with Gasteiger partial charge in [-0.05, 0) is 133 Å². The van der Waals surface area contributed by atoms with Gasteiger partial charge >= 0.3 is 0 Å². The lowest BCUT2D eigenvalue weighted by Gasteiger charge is -2.35. The first-order chi connectivity index (χ1) is 42.9. The van der Waals surface area contributed by atoms with Crippen LogP contribution in [0.1, 0.15) is 280 Å². The molecule has 0 saturated carbocycles. The largest absolute Gasteiger partial charge is 0.288 e. The number of Topliss-reactive ketones (excluding diaryl/α,β-unsaturated/α-hetero) is 2. The lowest BCUT2D eigenvalue weighted by Crippen LogP contribution is -2.27. The Kier molecular flexibility index (Phi) is 20.4. The summed E-state index contributed by atoms with van der Waals surface area (Å²) in [6.07, 6.45) is 37.8. The van der Waals surface area contributed by atoms with Gasteiger partial charge < -0.3 is 0 Å². The quantitative estimate of drug-likeness (QED) is 0.0194. The van der Waals surface area contributed by atoms with Gasteiger partial charge in [0.1, 0.15) is 0 Å². The summed E-state index contributed by atoms with van der Waals surface area (Å²) in [4.78, 5) is 44.1. The molecule has 0 unspecified atom stereocenters. The molecule has 0 amide bonds. The summed E-state index contributed by atoms with van der Waals surface area (Å²) in [5.74, 6) is -0.188. The van der Waals surface area contributed by atoms with Gasteiger partial charge in [0.2, 0.25) is 11.6 Å². The fourth-order valence-corrected chi connectivity index (χ4v) is 22.8. The third-order valence-corrected chi connectivity index (χ3v) is 26.3. The molecule has 1 aromatic carbocycles. The highest BCUT2D eigenvalue weighted by molar-refractivity contribution is 7.31. The topological polar surface area (TPSA) is 90.4 Å². The van der Waals surface area contributed by atoms with Gasteiger partial charge in [0, 0.05) is 71.8 Å². The lowest BCUT2D eigenvalue weighted by atomic mass is 9.68. The fourth-order valence-electron chi connectivity index (χ4n) is 15.2. The maximum atomic E-state index is 14.4. The zero-order chi connectivity index (χ0) is 61.7. The SMILES string of the molecule is [C-]#[N+]/C(C#N)=C1/C(=Cc2cc3sc4c(c3s2)C(CCCCCCCC)(CCCCCCCC)c2cc3c(cc2-4)C(CCCCCCCC)(CCCCCCCC)c2c-3sc3cc(C=C4C(=O)c5sc(C)cc5/C4=C(\C#N)[N+]#[C-])sc23)C(=O)c2sc(C)cc21. The Bertz CT molecular complexity index is 3810. The normalized spacial score (nSPS) is 16.9. The summed E-state index contributed by atoms with van der Waals surface area (Å²) in [7, 11) is 0. The van der Waals surface area contributed by atoms with Gasteiger partial charge in [-0.3, -0.25) is 9.59 Å². The molecule has 88 heavy (non-hydrogen) atoms. The van der Waals surface area contributed by atoms with Gasteiger partial charge in [-0.1, -0.05) is 182 Å². The Hall–Kier alpha value is -5.80. The van der Waals surface area contributed by atoms with Crippen molar-refractivity contribution in [2.24, 2.45) is 0 Å². The van der Waals surface area contributed by atoms with Gasteiger partial charge in [-0.25, -0.2) is 20.2 Å². The number of hydrogen-bond donors (Lipinski definition) is 0. The lowest BCUT2D eigenvalue weighted by molar-refractivity contribution is 0.103. The number of benzene rings is 1. The van der Waals surface area contributed by atoms with Crippen molar-refractivity contribution >= 4 is 122 Å². The second-order valence-electron chi connectivity index (χ2n) is 25.3. The molecule has 454 valence electrons. The summed E-state index contributed by atoms with van der Waals surface area (Å²) < 4.78 is 5.17. The molecule has 0 N–H and O–H groups in total. The van der Waals surface area contributed by atoms with E-state index < -0.39 is 0 Å². The molecule has 7 aromatic rings. The number of nitriles is 2. The van der Waals surface area contributed by atoms with Gasteiger partial charge in [0.05, 0.1) is 44.4 Å². The molecule has 4 aliphatic rings. The zero-order valence-corrected chi connectivity index (χ0v) is 57.4. The first-order valence-corrected chi connectivity index (χ1v) is 38.0. The monoisotopic (exact) mass is 1270 g/mol. The molecule has 11 rings (SSSR count). The minimum atomic E-state index is -0.207. The predicted octanol–water partition coefficient (Wildman–Crippen LogP) is 25.4. The molecule has 0 atom stereocenters. The fraction of sp³-hybridized carbons (Fsp3) is 0.474. The number of rotatable bonds is 30. The second-order valence-corrected chi connectivity index (χ2v) is 32.1. The standard InChI is InChI=1S/C76H82N4O2S6/c1-9-13-17-21-25-29-33-75(34-30-26-22-18-14-10-2)57-43-52-58(44-51(57)69-65(75)73-61(87-69)41-49(85-73)39-53-63(59(45-77)79-7)55-37-47(5)83-71(55)67(53)81)76(35-31-27-23-19-15-11-3,36-32-28-24-20-16-12-4)66-70(52)88-62-42-50(86-74(62)66)40-54-64(60(46-78)80-8)56-38-48(6)84-72(56)68(54)82/h37-44H,9-36H2,1-6H3/b53-39?,54-40?,63-59-,64-60+. The summed E-state index contributed by atoms with van der Waals surface area (Å²) in [5, 5.41) is 20.5. The number of aryl methyl sites for hydroxylation is 2. The Morgan fingerprint density at radius 2 is 0.773 bits per heavy atom. The van der Waals surface area contributed by atoms with E-state index in [0.29, 0.717) is 43.2 Å². The predicted molar refractivity (Wildman–Crippen MR) is 378 cm³/mol. The summed E-state index contributed by atoms with van der Waals surface area (Å²) in [5.41, 5.74) is 11.7. The summed E-state index contributed by atoms with van der Waals surface area (Å²) >= 11 is 10.4. The van der Waals surface area contributed by atoms with Gasteiger partial charge in [0.25, 0.3) is 11.4 Å². The van der Waals surface area contributed by atoms with Crippen LogP contribution in [0.3, 0.4) is 0 Å². The van der Waals surface area contributed by atoms with E-state index in [9.17, 15) is 20.1 Å². The number of unbranched alkanes of at least 4 members (excludes halogenated alkanes) is 20. The molecule has 12 heteroatoms. The van der Waals surface area contributed by atoms with Crippen LogP contribution < -0.4 is 0 Å². The van der Waals surface area contributed by atoms with Crippen LogP contribution in [0.25, 0.3) is 72.7 Å². The molecule has 4 aliphatic carbocycles.